The van der Waals surface area contributed by atoms with Crippen molar-refractivity contribution in [3.8, 4) is 0 Å². The fourth-order valence-corrected chi connectivity index (χ4v) is 0.387. The van der Waals surface area contributed by atoms with Crippen LogP contribution in [-0.2, 0) is 18.9 Å². The molecule has 0 aliphatic heterocycles. The minimum absolute atomic E-state index is 0.604. The molecule has 0 saturated carbocycles. The molecule has 0 rings (SSSR count). The smallest absolute Gasteiger partial charge is 0.500 e. The molecule has 0 aromatic heterocycles. The molecule has 2 N–H and O–H groups in total. The second kappa shape index (κ2) is 5.55. The lowest BCUT2D eigenvalue weighted by atomic mass is 10.3. The van der Waals surface area contributed by atoms with Crippen LogP contribution >= 0.6 is 0 Å². The van der Waals surface area contributed by atoms with Gasteiger partial charge < -0.3 is 19.5 Å². The van der Waals surface area contributed by atoms with Crippen LogP contribution in [0, 0.1) is 0 Å². The number of aliphatic hydroxyl groups excluding tert-OH is 2. The number of hydrogen-bond donors (Lipinski definition) is 2. The van der Waals surface area contributed by atoms with Crippen molar-refractivity contribution >= 4 is 19.6 Å². The first-order valence-corrected chi connectivity index (χ1v) is 3.64. The highest BCUT2D eigenvalue weighted by molar-refractivity contribution is 6.26. The van der Waals surface area contributed by atoms with Gasteiger partial charge >= 0.3 is 19.6 Å². The first kappa shape index (κ1) is 11.9. The van der Waals surface area contributed by atoms with Crippen LogP contribution in [0.15, 0.2) is 0 Å². The van der Waals surface area contributed by atoms with Crippen molar-refractivity contribution in [3.05, 3.63) is 0 Å². The third-order valence-corrected chi connectivity index (χ3v) is 1.08. The van der Waals surface area contributed by atoms with Crippen LogP contribution in [-0.4, -0.2) is 42.0 Å². The summed E-state index contributed by atoms with van der Waals surface area (Å²) in [4.78, 5) is 21.1. The third-order valence-electron chi connectivity index (χ3n) is 1.08. The van der Waals surface area contributed by atoms with E-state index in [0.717, 1.165) is 0 Å². The van der Waals surface area contributed by atoms with Crippen molar-refractivity contribution < 1.29 is 29.1 Å². The Balaban J connectivity index is 3.57. The van der Waals surface area contributed by atoms with Gasteiger partial charge in [-0.1, -0.05) is 0 Å². The molecule has 0 aromatic rings. The van der Waals surface area contributed by atoms with E-state index in [1.54, 1.807) is 0 Å². The molecule has 0 spiro atoms. The van der Waals surface area contributed by atoms with E-state index in [4.69, 9.17) is 10.2 Å². The lowest BCUT2D eigenvalue weighted by Crippen LogP contribution is -2.27. The Morgan fingerprint density at radius 2 is 1.38 bits per heavy atom. The highest BCUT2D eigenvalue weighted by Crippen LogP contribution is 1.88. The average molecular weight is 190 g/mol. The summed E-state index contributed by atoms with van der Waals surface area (Å²) in [7, 11) is -0.604. The Kier molecular flexibility index (Phi) is 5.09. The van der Waals surface area contributed by atoms with Gasteiger partial charge in [0.05, 0.1) is 0 Å². The Morgan fingerprint density at radius 1 is 1.08 bits per heavy atom. The Morgan fingerprint density at radius 3 is 1.62 bits per heavy atom. The lowest BCUT2D eigenvalue weighted by molar-refractivity contribution is -0.148. The standard InChI is InChI=1S/C6H11BO6/c1-3(8)5(10)12-7-13-6(11)4(2)9/h3-4,7-9H,1-2H3. The van der Waals surface area contributed by atoms with E-state index < -0.39 is 31.8 Å². The quantitative estimate of drug-likeness (QED) is 0.503. The van der Waals surface area contributed by atoms with E-state index in [1.165, 1.54) is 13.8 Å². The van der Waals surface area contributed by atoms with Gasteiger partial charge in [0.1, 0.15) is 12.2 Å². The molecule has 0 aromatic carbocycles. The fraction of sp³-hybridized carbons (Fsp3) is 0.667. The SMILES string of the molecule is CC(O)C(=O)OBOC(=O)C(C)O. The molecule has 0 aliphatic rings. The van der Waals surface area contributed by atoms with Crippen LogP contribution in [0.2, 0.25) is 0 Å². The monoisotopic (exact) mass is 190 g/mol. The predicted octanol–water partition coefficient (Wildman–Crippen LogP) is -1.90. The molecule has 2 atom stereocenters. The molecule has 0 radical (unpaired) electrons. The molecule has 6 nitrogen and oxygen atoms in total. The minimum atomic E-state index is -1.26. The van der Waals surface area contributed by atoms with Gasteiger partial charge in [0.2, 0.25) is 0 Å². The van der Waals surface area contributed by atoms with Gasteiger partial charge in [-0.25, -0.2) is 0 Å². The molecule has 13 heavy (non-hydrogen) atoms. The van der Waals surface area contributed by atoms with Crippen LogP contribution in [0.4, 0.5) is 0 Å². The molecule has 74 valence electrons. The normalized spacial score (nSPS) is 14.2. The summed E-state index contributed by atoms with van der Waals surface area (Å²) in [6.07, 6.45) is -2.52. The van der Waals surface area contributed by atoms with Crippen molar-refractivity contribution in [2.75, 3.05) is 0 Å². The largest absolute Gasteiger partial charge is 0.580 e. The van der Waals surface area contributed by atoms with Crippen molar-refractivity contribution in [1.29, 1.82) is 0 Å². The number of carbonyl (C=O) groups excluding carboxylic acids is 2. The highest BCUT2D eigenvalue weighted by Gasteiger charge is 2.15. The molecule has 0 amide bonds. The Bertz CT molecular complexity index is 170. The highest BCUT2D eigenvalue weighted by atomic mass is 16.6. The summed E-state index contributed by atoms with van der Waals surface area (Å²) in [5, 5.41) is 17.3. The van der Waals surface area contributed by atoms with Crippen molar-refractivity contribution in [2.24, 2.45) is 0 Å². The number of hydrogen-bond acceptors (Lipinski definition) is 6. The molecule has 0 heterocycles. The van der Waals surface area contributed by atoms with E-state index in [1.807, 2.05) is 0 Å². The molecule has 7 heteroatoms. The van der Waals surface area contributed by atoms with Crippen molar-refractivity contribution in [3.63, 3.8) is 0 Å². The molecule has 2 unspecified atom stereocenters. The summed E-state index contributed by atoms with van der Waals surface area (Å²) in [6, 6.07) is 0. The van der Waals surface area contributed by atoms with E-state index in [9.17, 15) is 9.59 Å². The van der Waals surface area contributed by atoms with Gasteiger partial charge in [-0.2, -0.15) is 0 Å². The Labute approximate surface area is 75.8 Å². The van der Waals surface area contributed by atoms with Gasteiger partial charge in [-0.15, -0.1) is 0 Å². The molecule has 0 fully saturated rings. The number of aliphatic hydroxyl groups is 2. The predicted molar refractivity (Wildman–Crippen MR) is 42.7 cm³/mol. The van der Waals surface area contributed by atoms with Crippen LogP contribution in [0.5, 0.6) is 0 Å². The van der Waals surface area contributed by atoms with E-state index in [2.05, 4.69) is 9.31 Å². The van der Waals surface area contributed by atoms with E-state index >= 15 is 0 Å². The summed E-state index contributed by atoms with van der Waals surface area (Å²) < 4.78 is 8.56. The molecule has 0 saturated heterocycles. The van der Waals surface area contributed by atoms with Crippen LogP contribution in [0.3, 0.4) is 0 Å². The minimum Gasteiger partial charge on any atom is -0.500 e. The maximum atomic E-state index is 10.6. The lowest BCUT2D eigenvalue weighted by Gasteiger charge is -2.07. The van der Waals surface area contributed by atoms with Crippen LogP contribution < -0.4 is 0 Å². The third kappa shape index (κ3) is 5.21. The maximum absolute atomic E-state index is 10.6. The van der Waals surface area contributed by atoms with Gasteiger partial charge in [0.25, 0.3) is 0 Å². The topological polar surface area (TPSA) is 93.1 Å². The Hall–Kier alpha value is -1.08. The number of rotatable bonds is 4. The van der Waals surface area contributed by atoms with Gasteiger partial charge in [-0.3, -0.25) is 9.59 Å². The summed E-state index contributed by atoms with van der Waals surface area (Å²) in [6.45, 7) is 2.44. The van der Waals surface area contributed by atoms with E-state index in [-0.39, 0.29) is 0 Å². The maximum Gasteiger partial charge on any atom is 0.580 e. The van der Waals surface area contributed by atoms with Gasteiger partial charge in [-0.05, 0) is 13.8 Å². The zero-order chi connectivity index (χ0) is 10.4. The van der Waals surface area contributed by atoms with Crippen molar-refractivity contribution in [2.45, 2.75) is 26.1 Å². The number of carbonyl (C=O) groups is 2. The average Bonchev–Trinajstić information content (AvgIpc) is 2.03. The molecule has 0 bridgehead atoms. The summed E-state index contributed by atoms with van der Waals surface area (Å²) >= 11 is 0. The van der Waals surface area contributed by atoms with Crippen LogP contribution in [0.25, 0.3) is 0 Å². The fourth-order valence-electron chi connectivity index (χ4n) is 0.387. The molecular weight excluding hydrogens is 179 g/mol. The zero-order valence-corrected chi connectivity index (χ0v) is 7.39. The first-order valence-electron chi connectivity index (χ1n) is 3.64. The summed E-state index contributed by atoms with van der Waals surface area (Å²) in [5.74, 6) is -1.78. The van der Waals surface area contributed by atoms with E-state index in [0.29, 0.717) is 0 Å². The second-order valence-electron chi connectivity index (χ2n) is 2.40. The van der Waals surface area contributed by atoms with Crippen LogP contribution in [0.1, 0.15) is 13.8 Å². The van der Waals surface area contributed by atoms with Crippen molar-refractivity contribution in [1.82, 2.24) is 0 Å². The summed E-state index contributed by atoms with van der Waals surface area (Å²) in [5.41, 5.74) is 0. The zero-order valence-electron chi connectivity index (χ0n) is 7.39. The van der Waals surface area contributed by atoms with Gasteiger partial charge in [0, 0.05) is 0 Å². The first-order chi connectivity index (χ1) is 5.95. The second-order valence-corrected chi connectivity index (χ2v) is 2.40. The molecular formula is C6H11BO6. The van der Waals surface area contributed by atoms with Gasteiger partial charge in [0.15, 0.2) is 0 Å². The molecule has 0 aliphatic carbocycles.